The van der Waals surface area contributed by atoms with Crippen LogP contribution in [-0.4, -0.2) is 54.0 Å². The topological polar surface area (TPSA) is 49.9 Å². The van der Waals surface area contributed by atoms with Gasteiger partial charge in [0.25, 0.3) is 5.91 Å². The summed E-state index contributed by atoms with van der Waals surface area (Å²) in [6, 6.07) is 14.9. The molecule has 2 unspecified atom stereocenters. The Morgan fingerprint density at radius 2 is 2.00 bits per heavy atom. The lowest BCUT2D eigenvalue weighted by atomic mass is 10.0. The van der Waals surface area contributed by atoms with Gasteiger partial charge in [0.2, 0.25) is 6.41 Å². The van der Waals surface area contributed by atoms with Gasteiger partial charge in [-0.1, -0.05) is 36.4 Å². The highest BCUT2D eigenvalue weighted by Gasteiger charge is 2.40. The number of nitrogens with zero attached hydrogens (tertiary/aromatic N) is 2. The maximum atomic E-state index is 13.2. The maximum Gasteiger partial charge on any atom is 0.254 e. The third-order valence-corrected chi connectivity index (χ3v) is 5.39. The van der Waals surface area contributed by atoms with Crippen LogP contribution >= 0.6 is 0 Å². The van der Waals surface area contributed by atoms with E-state index in [1.807, 2.05) is 17.0 Å². The largest absolute Gasteiger partial charge is 0.365 e. The van der Waals surface area contributed by atoms with Crippen molar-refractivity contribution < 1.29 is 14.3 Å². The Morgan fingerprint density at radius 1 is 1.23 bits per heavy atom. The van der Waals surface area contributed by atoms with E-state index in [0.29, 0.717) is 19.7 Å². The normalized spacial score (nSPS) is 21.4. The average molecular weight is 352 g/mol. The molecule has 4 rings (SSSR count). The number of hydrogen-bond donors (Lipinski definition) is 0. The minimum Gasteiger partial charge on any atom is -0.365 e. The quantitative estimate of drug-likeness (QED) is 0.778. The lowest BCUT2D eigenvalue weighted by molar-refractivity contribution is -0.153. The summed E-state index contributed by atoms with van der Waals surface area (Å²) < 4.78 is 5.70. The third kappa shape index (κ3) is 3.31. The second-order valence-corrected chi connectivity index (χ2v) is 7.22. The van der Waals surface area contributed by atoms with E-state index >= 15 is 0 Å². The monoisotopic (exact) mass is 352 g/mol. The van der Waals surface area contributed by atoms with Crippen LogP contribution in [0.5, 0.6) is 0 Å². The molecule has 1 saturated heterocycles. The van der Waals surface area contributed by atoms with E-state index in [0.717, 1.165) is 24.8 Å². The van der Waals surface area contributed by atoms with Crippen LogP contribution in [0.3, 0.4) is 0 Å². The van der Waals surface area contributed by atoms with Crippen molar-refractivity contribution in [3.63, 3.8) is 0 Å². The van der Waals surface area contributed by atoms with E-state index in [-0.39, 0.29) is 18.0 Å². The van der Waals surface area contributed by atoms with Crippen molar-refractivity contribution in [1.82, 2.24) is 9.80 Å². The number of morpholine rings is 1. The summed E-state index contributed by atoms with van der Waals surface area (Å²) in [7, 11) is 0. The molecule has 2 aromatic rings. The fourth-order valence-corrected chi connectivity index (χ4v) is 3.75. The summed E-state index contributed by atoms with van der Waals surface area (Å²) in [4.78, 5) is 27.8. The zero-order valence-corrected chi connectivity index (χ0v) is 15.0. The molecule has 2 atom stereocenters. The van der Waals surface area contributed by atoms with Gasteiger partial charge in [-0.2, -0.15) is 0 Å². The van der Waals surface area contributed by atoms with E-state index in [4.69, 9.17) is 4.74 Å². The number of carbonyl (C=O) groups is 2. The molecule has 1 aliphatic carbocycles. The van der Waals surface area contributed by atoms with Crippen molar-refractivity contribution in [2.45, 2.75) is 38.0 Å². The van der Waals surface area contributed by atoms with Gasteiger partial charge in [-0.25, -0.2) is 0 Å². The highest BCUT2D eigenvalue weighted by Crippen LogP contribution is 2.36. The van der Waals surface area contributed by atoms with Crippen molar-refractivity contribution in [2.75, 3.05) is 19.7 Å². The molecule has 26 heavy (non-hydrogen) atoms. The molecule has 0 aromatic heterocycles. The molecule has 5 nitrogen and oxygen atoms in total. The Kier molecular flexibility index (Phi) is 4.64. The second-order valence-electron chi connectivity index (χ2n) is 7.22. The molecule has 2 aliphatic rings. The molecule has 0 radical (unpaired) electrons. The molecule has 5 heteroatoms. The highest BCUT2D eigenvalue weighted by atomic mass is 16.5. The first-order valence-electron chi connectivity index (χ1n) is 9.29. The summed E-state index contributed by atoms with van der Waals surface area (Å²) in [5, 5.41) is 2.38. The van der Waals surface area contributed by atoms with Crippen molar-refractivity contribution in [3.8, 4) is 0 Å². The van der Waals surface area contributed by atoms with Crippen LogP contribution in [0.15, 0.2) is 42.5 Å². The van der Waals surface area contributed by atoms with Gasteiger partial charge in [-0.15, -0.1) is 0 Å². The van der Waals surface area contributed by atoms with Crippen LogP contribution in [0, 0.1) is 0 Å². The average Bonchev–Trinajstić information content (AvgIpc) is 3.52. The predicted octanol–water partition coefficient (Wildman–Crippen LogP) is 2.75. The van der Waals surface area contributed by atoms with Crippen molar-refractivity contribution in [1.29, 1.82) is 0 Å². The molecular formula is C21H24N2O3. The molecular weight excluding hydrogens is 328 g/mol. The Labute approximate surface area is 153 Å². The number of carbonyl (C=O) groups excluding carboxylic acids is 2. The molecule has 1 heterocycles. The Balaban J connectivity index is 1.58. The lowest BCUT2D eigenvalue weighted by Gasteiger charge is -2.36. The first-order chi connectivity index (χ1) is 12.7. The number of benzene rings is 2. The zero-order valence-electron chi connectivity index (χ0n) is 15.0. The van der Waals surface area contributed by atoms with Crippen LogP contribution in [0.2, 0.25) is 0 Å². The molecule has 1 aliphatic heterocycles. The van der Waals surface area contributed by atoms with Gasteiger partial charge < -0.3 is 14.5 Å². The van der Waals surface area contributed by atoms with Gasteiger partial charge in [-0.05, 0) is 42.2 Å². The number of fused-ring (bicyclic) bond motifs is 1. The highest BCUT2D eigenvalue weighted by molar-refractivity contribution is 5.85. The summed E-state index contributed by atoms with van der Waals surface area (Å²) in [6.45, 7) is 3.39. The Hall–Kier alpha value is -2.40. The summed E-state index contributed by atoms with van der Waals surface area (Å²) in [6.07, 6.45) is 2.32. The van der Waals surface area contributed by atoms with Crippen molar-refractivity contribution in [3.05, 3.63) is 48.0 Å². The first kappa shape index (κ1) is 17.0. The fourth-order valence-electron chi connectivity index (χ4n) is 3.75. The molecule has 2 aromatic carbocycles. The molecule has 2 fully saturated rings. The summed E-state index contributed by atoms with van der Waals surface area (Å²) >= 11 is 0. The van der Waals surface area contributed by atoms with Crippen LogP contribution in [0.4, 0.5) is 0 Å². The minimum absolute atomic E-state index is 0.000270. The SMILES string of the molecule is CC(c1ccc2ccccc2c1)N(C(=O)C1CN(C=O)CCO1)C1CC1. The molecule has 136 valence electrons. The fraction of sp³-hybridized carbons (Fsp3) is 0.429. The van der Waals surface area contributed by atoms with Gasteiger partial charge in [0.15, 0.2) is 6.10 Å². The van der Waals surface area contributed by atoms with E-state index in [9.17, 15) is 9.59 Å². The van der Waals surface area contributed by atoms with Crippen LogP contribution in [0.25, 0.3) is 10.8 Å². The number of ether oxygens (including phenoxy) is 1. The van der Waals surface area contributed by atoms with E-state index in [2.05, 4.69) is 37.3 Å². The first-order valence-corrected chi connectivity index (χ1v) is 9.29. The van der Waals surface area contributed by atoms with Gasteiger partial charge in [0.05, 0.1) is 19.2 Å². The molecule has 2 amide bonds. The van der Waals surface area contributed by atoms with Crippen molar-refractivity contribution in [2.24, 2.45) is 0 Å². The van der Waals surface area contributed by atoms with E-state index in [1.165, 1.54) is 10.8 Å². The van der Waals surface area contributed by atoms with Gasteiger partial charge in [-0.3, -0.25) is 9.59 Å². The lowest BCUT2D eigenvalue weighted by Crippen LogP contribution is -2.51. The van der Waals surface area contributed by atoms with Gasteiger partial charge in [0, 0.05) is 12.6 Å². The van der Waals surface area contributed by atoms with Crippen LogP contribution < -0.4 is 0 Å². The zero-order chi connectivity index (χ0) is 18.1. The number of rotatable bonds is 5. The standard InChI is InChI=1S/C21H24N2O3/c1-15(17-7-6-16-4-2-3-5-18(16)12-17)23(19-8-9-19)21(25)20-13-22(14-24)10-11-26-20/h2-7,12,14-15,19-20H,8-11,13H2,1H3. The predicted molar refractivity (Wildman–Crippen MR) is 99.6 cm³/mol. The molecule has 0 N–H and O–H groups in total. The number of hydrogen-bond acceptors (Lipinski definition) is 3. The maximum absolute atomic E-state index is 13.2. The smallest absolute Gasteiger partial charge is 0.254 e. The Morgan fingerprint density at radius 3 is 2.73 bits per heavy atom. The van der Waals surface area contributed by atoms with Crippen LogP contribution in [-0.2, 0) is 14.3 Å². The van der Waals surface area contributed by atoms with E-state index < -0.39 is 6.10 Å². The third-order valence-electron chi connectivity index (χ3n) is 5.39. The molecule has 1 saturated carbocycles. The van der Waals surface area contributed by atoms with E-state index in [1.54, 1.807) is 4.90 Å². The van der Waals surface area contributed by atoms with Gasteiger partial charge in [0.1, 0.15) is 0 Å². The van der Waals surface area contributed by atoms with Crippen LogP contribution in [0.1, 0.15) is 31.4 Å². The van der Waals surface area contributed by atoms with Gasteiger partial charge >= 0.3 is 0 Å². The second kappa shape index (κ2) is 7.08. The summed E-state index contributed by atoms with van der Waals surface area (Å²) in [5.74, 6) is -0.000270. The van der Waals surface area contributed by atoms with Crippen molar-refractivity contribution >= 4 is 23.1 Å². The minimum atomic E-state index is -0.558. The molecule has 0 bridgehead atoms. The summed E-state index contributed by atoms with van der Waals surface area (Å²) in [5.41, 5.74) is 1.13. The number of amides is 2. The Bertz CT molecular complexity index is 818. The molecule has 0 spiro atoms.